The van der Waals surface area contributed by atoms with E-state index < -0.39 is 11.6 Å². The molecule has 3 aromatic heterocycles. The molecule has 9 nitrogen and oxygen atoms in total. The summed E-state index contributed by atoms with van der Waals surface area (Å²) in [6, 6.07) is 11.7. The molecule has 0 saturated heterocycles. The number of aryl methyl sites for hydroxylation is 2. The average molecular weight is 544 g/mol. The van der Waals surface area contributed by atoms with Crippen molar-refractivity contribution < 1.29 is 18.3 Å². The van der Waals surface area contributed by atoms with Crippen LogP contribution < -0.4 is 10.1 Å². The molecule has 40 heavy (non-hydrogen) atoms. The third-order valence-corrected chi connectivity index (χ3v) is 6.80. The predicted molar refractivity (Wildman–Crippen MR) is 146 cm³/mol. The highest BCUT2D eigenvalue weighted by Gasteiger charge is 2.24. The number of methoxy groups -OCH3 is 1. The smallest absolute Gasteiger partial charge is 0.182 e. The van der Waals surface area contributed by atoms with Crippen LogP contribution in [0.25, 0.3) is 22.4 Å². The van der Waals surface area contributed by atoms with Gasteiger partial charge in [-0.05, 0) is 38.3 Å². The molecule has 0 spiro atoms. The van der Waals surface area contributed by atoms with Crippen molar-refractivity contribution in [2.75, 3.05) is 25.6 Å². The largest absolute Gasteiger partial charge is 0.491 e. The molecule has 2 aromatic carbocycles. The van der Waals surface area contributed by atoms with Crippen LogP contribution in [0.2, 0.25) is 0 Å². The minimum atomic E-state index is -0.714. The first-order valence-corrected chi connectivity index (χ1v) is 13.0. The molecule has 5 aromatic rings. The molecule has 1 aliphatic carbocycles. The summed E-state index contributed by atoms with van der Waals surface area (Å²) in [7, 11) is 1.53. The molecule has 6 rings (SSSR count). The summed E-state index contributed by atoms with van der Waals surface area (Å²) in [6.07, 6.45) is 4.36. The van der Waals surface area contributed by atoms with E-state index in [9.17, 15) is 0 Å². The fourth-order valence-corrected chi connectivity index (χ4v) is 4.91. The summed E-state index contributed by atoms with van der Waals surface area (Å²) in [6.45, 7) is 2.21. The van der Waals surface area contributed by atoms with E-state index in [1.54, 1.807) is 16.9 Å². The SMILES string of the molecule is COCCOc1cc(F)c(Cn2nc(-c3nc4c(c(Nc5ccnc(C)n5)n3)CCC4)c3ccccc32)c(F)c1. The first kappa shape index (κ1) is 25.8. The number of halogens is 2. The fourth-order valence-electron chi connectivity index (χ4n) is 4.91. The highest BCUT2D eigenvalue weighted by atomic mass is 19.1. The zero-order valence-electron chi connectivity index (χ0n) is 22.1. The first-order valence-electron chi connectivity index (χ1n) is 13.0. The number of benzene rings is 2. The van der Waals surface area contributed by atoms with E-state index in [0.717, 1.165) is 35.9 Å². The average Bonchev–Trinajstić information content (AvgIpc) is 3.56. The lowest BCUT2D eigenvalue weighted by atomic mass is 10.1. The Kier molecular flexibility index (Phi) is 7.04. The van der Waals surface area contributed by atoms with Gasteiger partial charge in [0, 0.05) is 47.6 Å². The zero-order chi connectivity index (χ0) is 27.6. The first-order chi connectivity index (χ1) is 19.5. The molecule has 0 fully saturated rings. The molecular weight excluding hydrogens is 516 g/mol. The van der Waals surface area contributed by atoms with Crippen molar-refractivity contribution >= 4 is 22.5 Å². The van der Waals surface area contributed by atoms with Gasteiger partial charge in [-0.1, -0.05) is 18.2 Å². The third kappa shape index (κ3) is 5.07. The molecule has 0 saturated carbocycles. The molecule has 0 bridgehead atoms. The minimum Gasteiger partial charge on any atom is -0.491 e. The number of fused-ring (bicyclic) bond motifs is 2. The summed E-state index contributed by atoms with van der Waals surface area (Å²) < 4.78 is 42.0. The normalized spacial score (nSPS) is 12.6. The summed E-state index contributed by atoms with van der Waals surface area (Å²) in [5.41, 5.74) is 3.14. The molecule has 1 N–H and O–H groups in total. The van der Waals surface area contributed by atoms with Crippen molar-refractivity contribution in [3.63, 3.8) is 0 Å². The second kappa shape index (κ2) is 10.9. The van der Waals surface area contributed by atoms with Gasteiger partial charge in [0.25, 0.3) is 0 Å². The Morgan fingerprint density at radius 1 is 1.00 bits per heavy atom. The van der Waals surface area contributed by atoms with Gasteiger partial charge >= 0.3 is 0 Å². The highest BCUT2D eigenvalue weighted by Crippen LogP contribution is 2.33. The van der Waals surface area contributed by atoms with Crippen LogP contribution in [0.15, 0.2) is 48.7 Å². The molecule has 3 heterocycles. The van der Waals surface area contributed by atoms with Gasteiger partial charge in [0.1, 0.15) is 47.1 Å². The Hall–Kier alpha value is -4.51. The van der Waals surface area contributed by atoms with E-state index >= 15 is 8.78 Å². The third-order valence-electron chi connectivity index (χ3n) is 6.80. The Labute approximate surface area is 229 Å². The van der Waals surface area contributed by atoms with Crippen molar-refractivity contribution in [1.82, 2.24) is 29.7 Å². The van der Waals surface area contributed by atoms with Crippen molar-refractivity contribution in [3.8, 4) is 17.3 Å². The van der Waals surface area contributed by atoms with Gasteiger partial charge in [0.15, 0.2) is 5.82 Å². The Balaban J connectivity index is 1.38. The monoisotopic (exact) mass is 543 g/mol. The van der Waals surface area contributed by atoms with Crippen LogP contribution in [0.1, 0.15) is 29.1 Å². The van der Waals surface area contributed by atoms with Crippen LogP contribution in [0, 0.1) is 18.6 Å². The second-order valence-corrected chi connectivity index (χ2v) is 9.52. The number of nitrogens with one attached hydrogen (secondary N) is 1. The van der Waals surface area contributed by atoms with Gasteiger partial charge in [-0.2, -0.15) is 5.10 Å². The van der Waals surface area contributed by atoms with Gasteiger partial charge in [-0.3, -0.25) is 4.68 Å². The number of anilines is 2. The lowest BCUT2D eigenvalue weighted by Crippen LogP contribution is -2.09. The summed E-state index contributed by atoms with van der Waals surface area (Å²) in [5.74, 6) is 1.08. The standard InChI is InChI=1S/C29H27F2N7O2/c1-17-32-11-10-26(33-17)35-28-19-7-5-8-24(19)34-29(36-28)27-20-6-3-4-9-25(20)38(37-27)16-21-22(30)14-18(15-23(21)31)40-13-12-39-2/h3-4,6,9-11,14-15H,5,7-8,12-13,16H2,1-2H3,(H,32,33,34,35,36). The van der Waals surface area contributed by atoms with E-state index in [2.05, 4.69) is 15.3 Å². The van der Waals surface area contributed by atoms with E-state index in [1.165, 1.54) is 19.2 Å². The van der Waals surface area contributed by atoms with Crippen molar-refractivity contribution in [2.24, 2.45) is 0 Å². The number of hydrogen-bond acceptors (Lipinski definition) is 8. The minimum absolute atomic E-state index is 0.104. The van der Waals surface area contributed by atoms with Crippen LogP contribution in [-0.2, 0) is 24.1 Å². The van der Waals surface area contributed by atoms with Crippen LogP contribution in [0.5, 0.6) is 5.75 Å². The van der Waals surface area contributed by atoms with Crippen LogP contribution in [0.3, 0.4) is 0 Å². The van der Waals surface area contributed by atoms with Crippen molar-refractivity contribution in [2.45, 2.75) is 32.7 Å². The maximum absolute atomic E-state index is 15.0. The molecular formula is C29H27F2N7O2. The number of nitrogens with zero attached hydrogens (tertiary/aromatic N) is 6. The molecule has 0 unspecified atom stereocenters. The van der Waals surface area contributed by atoms with E-state index in [-0.39, 0.29) is 24.5 Å². The number of aromatic nitrogens is 6. The topological polar surface area (TPSA) is 99.9 Å². The molecule has 11 heteroatoms. The molecule has 0 amide bonds. The second-order valence-electron chi connectivity index (χ2n) is 9.52. The number of rotatable bonds is 9. The number of ether oxygens (including phenoxy) is 2. The fraction of sp³-hybridized carbons (Fsp3) is 0.276. The van der Waals surface area contributed by atoms with E-state index in [1.807, 2.05) is 31.2 Å². The van der Waals surface area contributed by atoms with Crippen molar-refractivity contribution in [1.29, 1.82) is 0 Å². The molecule has 0 radical (unpaired) electrons. The maximum Gasteiger partial charge on any atom is 0.182 e. The van der Waals surface area contributed by atoms with E-state index in [4.69, 9.17) is 24.5 Å². The van der Waals surface area contributed by atoms with Gasteiger partial charge in [0.2, 0.25) is 0 Å². The molecule has 0 atom stereocenters. The van der Waals surface area contributed by atoms with Crippen LogP contribution in [0.4, 0.5) is 20.4 Å². The maximum atomic E-state index is 15.0. The highest BCUT2D eigenvalue weighted by molar-refractivity contribution is 5.92. The van der Waals surface area contributed by atoms with Crippen molar-refractivity contribution in [3.05, 3.63) is 82.9 Å². The van der Waals surface area contributed by atoms with Crippen LogP contribution in [-0.4, -0.2) is 50.0 Å². The molecule has 0 aliphatic heterocycles. The van der Waals surface area contributed by atoms with E-state index in [0.29, 0.717) is 41.1 Å². The molecule has 1 aliphatic rings. The van der Waals surface area contributed by atoms with Gasteiger partial charge in [-0.25, -0.2) is 28.7 Å². The van der Waals surface area contributed by atoms with Gasteiger partial charge in [-0.15, -0.1) is 0 Å². The number of hydrogen-bond donors (Lipinski definition) is 1. The lowest BCUT2D eigenvalue weighted by Gasteiger charge is -2.11. The quantitative estimate of drug-likeness (QED) is 0.254. The lowest BCUT2D eigenvalue weighted by molar-refractivity contribution is 0.146. The predicted octanol–water partition coefficient (Wildman–Crippen LogP) is 5.18. The molecule has 204 valence electrons. The Morgan fingerprint density at radius 3 is 2.62 bits per heavy atom. The van der Waals surface area contributed by atoms with Crippen LogP contribution >= 0.6 is 0 Å². The van der Waals surface area contributed by atoms with Gasteiger partial charge < -0.3 is 14.8 Å². The Bertz CT molecular complexity index is 1680. The van der Waals surface area contributed by atoms with Gasteiger partial charge in [0.05, 0.1) is 18.7 Å². The summed E-state index contributed by atoms with van der Waals surface area (Å²) in [5, 5.41) is 8.88. The summed E-state index contributed by atoms with van der Waals surface area (Å²) >= 11 is 0. The summed E-state index contributed by atoms with van der Waals surface area (Å²) in [4.78, 5) is 18.3. The zero-order valence-corrected chi connectivity index (χ0v) is 22.1. The Morgan fingerprint density at radius 2 is 1.82 bits per heavy atom. The number of para-hydroxylation sites is 1.